The lowest BCUT2D eigenvalue weighted by Gasteiger charge is -2.28. The second-order valence-corrected chi connectivity index (χ2v) is 5.10. The summed E-state index contributed by atoms with van der Waals surface area (Å²) < 4.78 is 12.8. The highest BCUT2D eigenvalue weighted by Crippen LogP contribution is 2.28. The summed E-state index contributed by atoms with van der Waals surface area (Å²) >= 11 is 0. The third-order valence-corrected chi connectivity index (χ3v) is 3.41. The van der Waals surface area contributed by atoms with E-state index in [0.717, 1.165) is 0 Å². The molecule has 0 radical (unpaired) electrons. The van der Waals surface area contributed by atoms with Crippen molar-refractivity contribution < 1.29 is 18.8 Å². The maximum absolute atomic E-state index is 12.8. The van der Waals surface area contributed by atoms with Gasteiger partial charge in [0.15, 0.2) is 6.61 Å². The van der Waals surface area contributed by atoms with Crippen molar-refractivity contribution in [2.75, 3.05) is 23.4 Å². The van der Waals surface area contributed by atoms with Crippen LogP contribution in [0, 0.1) is 5.82 Å². The van der Waals surface area contributed by atoms with E-state index in [2.05, 4.69) is 10.5 Å². The second kappa shape index (κ2) is 6.91. The third-order valence-electron chi connectivity index (χ3n) is 3.41. The Morgan fingerprint density at radius 3 is 2.79 bits per heavy atom. The van der Waals surface area contributed by atoms with Crippen LogP contribution in [0.25, 0.3) is 0 Å². The summed E-state index contributed by atoms with van der Waals surface area (Å²) in [4.78, 5) is 30.3. The van der Waals surface area contributed by atoms with Gasteiger partial charge < -0.3 is 10.2 Å². The number of benzene rings is 2. The molecular weight excluding hydrogens is 313 g/mol. The van der Waals surface area contributed by atoms with Gasteiger partial charge in [-0.05, 0) is 29.8 Å². The molecule has 1 heterocycles. The molecule has 24 heavy (non-hydrogen) atoms. The molecule has 0 aliphatic carbocycles. The van der Waals surface area contributed by atoms with E-state index in [-0.39, 0.29) is 30.8 Å². The summed E-state index contributed by atoms with van der Waals surface area (Å²) in [7, 11) is 0. The number of carbonyl (C=O) groups excluding carboxylic acids is 2. The molecule has 7 heteroatoms. The van der Waals surface area contributed by atoms with E-state index in [0.29, 0.717) is 16.9 Å². The van der Waals surface area contributed by atoms with Crippen molar-refractivity contribution in [1.29, 1.82) is 0 Å². The lowest BCUT2D eigenvalue weighted by Crippen LogP contribution is -2.43. The maximum atomic E-state index is 12.8. The van der Waals surface area contributed by atoms with Crippen LogP contribution in [-0.2, 0) is 14.4 Å². The first kappa shape index (κ1) is 15.7. The first-order valence-electron chi connectivity index (χ1n) is 7.23. The van der Waals surface area contributed by atoms with Crippen molar-refractivity contribution in [2.45, 2.75) is 0 Å². The smallest absolute Gasteiger partial charge is 0.268 e. The van der Waals surface area contributed by atoms with Crippen LogP contribution >= 0.6 is 0 Å². The number of nitrogens with zero attached hydrogens (tertiary/aromatic N) is 2. The number of nitrogens with one attached hydrogen (secondary N) is 1. The molecule has 0 saturated carbocycles. The van der Waals surface area contributed by atoms with E-state index >= 15 is 0 Å². The molecule has 122 valence electrons. The second-order valence-electron chi connectivity index (χ2n) is 5.10. The average molecular weight is 327 g/mol. The summed E-state index contributed by atoms with van der Waals surface area (Å²) in [5, 5.41) is 6.39. The average Bonchev–Trinajstić information content (AvgIpc) is 2.59. The number of rotatable bonds is 4. The maximum Gasteiger partial charge on any atom is 0.268 e. The van der Waals surface area contributed by atoms with Gasteiger partial charge in [0, 0.05) is 0 Å². The van der Waals surface area contributed by atoms with E-state index in [1.54, 1.807) is 24.3 Å². The SMILES string of the molecule is O=C1CN(C(=O)CON=Cc2ccc(F)cc2)c2ccccc2N1. The molecule has 1 aliphatic rings. The molecule has 2 aromatic rings. The molecule has 2 aromatic carbocycles. The van der Waals surface area contributed by atoms with Crippen molar-refractivity contribution in [1.82, 2.24) is 0 Å². The lowest BCUT2D eigenvalue weighted by atomic mass is 10.2. The van der Waals surface area contributed by atoms with Crippen molar-refractivity contribution in [2.24, 2.45) is 5.16 Å². The van der Waals surface area contributed by atoms with Crippen molar-refractivity contribution in [3.63, 3.8) is 0 Å². The molecule has 1 N–H and O–H groups in total. The number of hydrogen-bond acceptors (Lipinski definition) is 4. The highest BCUT2D eigenvalue weighted by Gasteiger charge is 2.26. The van der Waals surface area contributed by atoms with E-state index in [9.17, 15) is 14.0 Å². The molecule has 3 rings (SSSR count). The number of para-hydroxylation sites is 2. The molecule has 0 saturated heterocycles. The summed E-state index contributed by atoms with van der Waals surface area (Å²) in [6, 6.07) is 12.7. The molecule has 1 aliphatic heterocycles. The fourth-order valence-corrected chi connectivity index (χ4v) is 2.27. The number of fused-ring (bicyclic) bond motifs is 1. The van der Waals surface area contributed by atoms with Crippen LogP contribution in [0.4, 0.5) is 15.8 Å². The normalized spacial score (nSPS) is 13.5. The quantitative estimate of drug-likeness (QED) is 0.691. The zero-order valence-electron chi connectivity index (χ0n) is 12.6. The Hall–Kier alpha value is -3.22. The lowest BCUT2D eigenvalue weighted by molar-refractivity contribution is -0.125. The zero-order valence-corrected chi connectivity index (χ0v) is 12.6. The molecule has 0 aromatic heterocycles. The number of anilines is 2. The topological polar surface area (TPSA) is 71.0 Å². The van der Waals surface area contributed by atoms with Gasteiger partial charge in [0.1, 0.15) is 12.4 Å². The standard InChI is InChI=1S/C17H14FN3O3/c18-13-7-5-12(6-8-13)9-19-24-11-17(23)21-10-16(22)20-14-3-1-2-4-15(14)21/h1-9H,10-11H2,(H,20,22). The summed E-state index contributed by atoms with van der Waals surface area (Å²) in [6.07, 6.45) is 1.38. The first-order chi connectivity index (χ1) is 11.6. The molecule has 0 spiro atoms. The van der Waals surface area contributed by atoms with Crippen LogP contribution in [-0.4, -0.2) is 31.2 Å². The predicted octanol–water partition coefficient (Wildman–Crippen LogP) is 2.16. The predicted molar refractivity (Wildman–Crippen MR) is 87.4 cm³/mol. The summed E-state index contributed by atoms with van der Waals surface area (Å²) in [6.45, 7) is -0.375. The Morgan fingerprint density at radius 2 is 2.00 bits per heavy atom. The Labute approximate surface area is 137 Å². The summed E-state index contributed by atoms with van der Waals surface area (Å²) in [5.41, 5.74) is 1.84. The van der Waals surface area contributed by atoms with Gasteiger partial charge in [0.2, 0.25) is 5.91 Å². The molecule has 0 bridgehead atoms. The van der Waals surface area contributed by atoms with E-state index in [1.807, 2.05) is 0 Å². The van der Waals surface area contributed by atoms with Gasteiger partial charge in [-0.2, -0.15) is 0 Å². The summed E-state index contributed by atoms with van der Waals surface area (Å²) in [5.74, 6) is -0.990. The van der Waals surface area contributed by atoms with Gasteiger partial charge in [0.05, 0.1) is 17.6 Å². The Balaban J connectivity index is 1.61. The minimum Gasteiger partial charge on any atom is -0.386 e. The van der Waals surface area contributed by atoms with Gasteiger partial charge in [-0.3, -0.25) is 14.5 Å². The van der Waals surface area contributed by atoms with E-state index < -0.39 is 0 Å². The highest BCUT2D eigenvalue weighted by atomic mass is 19.1. The van der Waals surface area contributed by atoms with Gasteiger partial charge in [-0.25, -0.2) is 4.39 Å². The molecule has 0 unspecified atom stereocenters. The Morgan fingerprint density at radius 1 is 1.25 bits per heavy atom. The van der Waals surface area contributed by atoms with E-state index in [1.165, 1.54) is 35.4 Å². The van der Waals surface area contributed by atoms with Crippen LogP contribution in [0.3, 0.4) is 0 Å². The fraction of sp³-hybridized carbons (Fsp3) is 0.118. The zero-order chi connectivity index (χ0) is 16.9. The highest BCUT2D eigenvalue weighted by molar-refractivity contribution is 6.10. The van der Waals surface area contributed by atoms with Crippen molar-refractivity contribution in [3.05, 3.63) is 59.9 Å². The largest absolute Gasteiger partial charge is 0.386 e. The van der Waals surface area contributed by atoms with Crippen molar-refractivity contribution in [3.8, 4) is 0 Å². The molecule has 0 fully saturated rings. The van der Waals surface area contributed by atoms with Gasteiger partial charge in [0.25, 0.3) is 5.91 Å². The Bertz CT molecular complexity index is 790. The molecule has 0 atom stereocenters. The van der Waals surface area contributed by atoms with E-state index in [4.69, 9.17) is 4.84 Å². The Kier molecular flexibility index (Phi) is 4.51. The van der Waals surface area contributed by atoms with Crippen molar-refractivity contribution >= 4 is 29.4 Å². The molecule has 6 nitrogen and oxygen atoms in total. The number of amides is 2. The van der Waals surface area contributed by atoms with Crippen LogP contribution in [0.2, 0.25) is 0 Å². The van der Waals surface area contributed by atoms with Crippen LogP contribution < -0.4 is 10.2 Å². The fourth-order valence-electron chi connectivity index (χ4n) is 2.27. The number of carbonyl (C=O) groups is 2. The van der Waals surface area contributed by atoms with Gasteiger partial charge >= 0.3 is 0 Å². The number of hydrogen-bond donors (Lipinski definition) is 1. The third kappa shape index (κ3) is 3.57. The molecular formula is C17H14FN3O3. The number of oxime groups is 1. The van der Waals surface area contributed by atoms with Crippen LogP contribution in [0.1, 0.15) is 5.56 Å². The monoisotopic (exact) mass is 327 g/mol. The van der Waals surface area contributed by atoms with Crippen LogP contribution in [0.15, 0.2) is 53.7 Å². The minimum atomic E-state index is -0.381. The minimum absolute atomic E-state index is 0.0686. The first-order valence-corrected chi connectivity index (χ1v) is 7.23. The van der Waals surface area contributed by atoms with Gasteiger partial charge in [-0.1, -0.05) is 29.4 Å². The van der Waals surface area contributed by atoms with Gasteiger partial charge in [-0.15, -0.1) is 0 Å². The number of halogens is 1. The molecule has 2 amide bonds. The van der Waals surface area contributed by atoms with Crippen LogP contribution in [0.5, 0.6) is 0 Å².